The van der Waals surface area contributed by atoms with E-state index in [9.17, 15) is 0 Å². The average Bonchev–Trinajstić information content (AvgIpc) is 3.17. The van der Waals surface area contributed by atoms with Crippen LogP contribution < -0.4 is 5.73 Å². The smallest absolute Gasteiger partial charge is 0.123 e. The van der Waals surface area contributed by atoms with Gasteiger partial charge in [0.1, 0.15) is 10.7 Å². The van der Waals surface area contributed by atoms with Gasteiger partial charge >= 0.3 is 0 Å². The van der Waals surface area contributed by atoms with Crippen LogP contribution in [0, 0.1) is 0 Å². The van der Waals surface area contributed by atoms with Gasteiger partial charge in [-0.25, -0.2) is 0 Å². The Hall–Kier alpha value is -1.30. The molecule has 0 spiro atoms. The third-order valence-corrected chi connectivity index (χ3v) is 4.45. The molecule has 5 heteroatoms. The summed E-state index contributed by atoms with van der Waals surface area (Å²) in [4.78, 5) is 7.20. The molecule has 1 aliphatic carbocycles. The lowest BCUT2D eigenvalue weighted by atomic mass is 10.1. The Morgan fingerprint density at radius 3 is 2.90 bits per heavy atom. The normalized spacial score (nSPS) is 14.7. The number of rotatable bonds is 6. The zero-order valence-electron chi connectivity index (χ0n) is 11.2. The molecule has 0 amide bonds. The van der Waals surface area contributed by atoms with Gasteiger partial charge in [0.2, 0.25) is 0 Å². The van der Waals surface area contributed by atoms with E-state index < -0.39 is 0 Å². The van der Waals surface area contributed by atoms with Gasteiger partial charge in [-0.2, -0.15) is 11.3 Å². The topological polar surface area (TPSA) is 42.1 Å². The molecule has 0 aromatic carbocycles. The molecule has 1 saturated carbocycles. The number of nitrogens with two attached hydrogens (primary N) is 1. The van der Waals surface area contributed by atoms with E-state index in [1.807, 2.05) is 6.07 Å². The monoisotopic (exact) mass is 303 g/mol. The molecule has 1 aliphatic rings. The molecule has 3 nitrogen and oxygen atoms in total. The van der Waals surface area contributed by atoms with Crippen LogP contribution >= 0.6 is 23.6 Å². The van der Waals surface area contributed by atoms with E-state index in [-0.39, 0.29) is 0 Å². The lowest BCUT2D eigenvalue weighted by molar-refractivity contribution is 0.245. The van der Waals surface area contributed by atoms with E-state index in [0.29, 0.717) is 11.0 Å². The van der Waals surface area contributed by atoms with E-state index >= 15 is 0 Å². The van der Waals surface area contributed by atoms with Crippen molar-refractivity contribution in [3.63, 3.8) is 0 Å². The first-order valence-corrected chi connectivity index (χ1v) is 8.08. The van der Waals surface area contributed by atoms with Crippen molar-refractivity contribution < 1.29 is 0 Å². The van der Waals surface area contributed by atoms with Crippen LogP contribution in [-0.4, -0.2) is 20.9 Å². The minimum Gasteiger partial charge on any atom is -0.388 e. The van der Waals surface area contributed by atoms with Crippen LogP contribution in [0.15, 0.2) is 35.2 Å². The second kappa shape index (κ2) is 5.99. The second-order valence-corrected chi connectivity index (χ2v) is 6.36. The molecule has 0 saturated heterocycles. The Balaban J connectivity index is 1.78. The van der Waals surface area contributed by atoms with Gasteiger partial charge < -0.3 is 5.73 Å². The van der Waals surface area contributed by atoms with Crippen LogP contribution in [0.2, 0.25) is 0 Å². The highest BCUT2D eigenvalue weighted by molar-refractivity contribution is 7.80. The minimum absolute atomic E-state index is 0.381. The first kappa shape index (κ1) is 13.7. The van der Waals surface area contributed by atoms with Crippen molar-refractivity contribution in [2.75, 3.05) is 0 Å². The number of aromatic nitrogens is 1. The molecule has 104 valence electrons. The number of nitrogens with zero attached hydrogens (tertiary/aromatic N) is 2. The van der Waals surface area contributed by atoms with E-state index in [2.05, 4.69) is 32.8 Å². The summed E-state index contributed by atoms with van der Waals surface area (Å²) in [7, 11) is 0. The van der Waals surface area contributed by atoms with Gasteiger partial charge in [0.15, 0.2) is 0 Å². The Morgan fingerprint density at radius 1 is 1.40 bits per heavy atom. The van der Waals surface area contributed by atoms with Crippen LogP contribution in [-0.2, 0) is 13.1 Å². The number of hydrogen-bond acceptors (Lipinski definition) is 4. The summed E-state index contributed by atoms with van der Waals surface area (Å²) in [6.45, 7) is 1.85. The van der Waals surface area contributed by atoms with Crippen LogP contribution in [0.3, 0.4) is 0 Å². The maximum Gasteiger partial charge on any atom is 0.123 e. The molecule has 0 aliphatic heterocycles. The van der Waals surface area contributed by atoms with E-state index in [4.69, 9.17) is 18.0 Å². The zero-order valence-corrected chi connectivity index (χ0v) is 12.8. The highest BCUT2D eigenvalue weighted by Crippen LogP contribution is 2.30. The molecule has 2 aromatic rings. The van der Waals surface area contributed by atoms with Crippen molar-refractivity contribution in [1.29, 1.82) is 0 Å². The molecule has 3 rings (SSSR count). The first-order valence-electron chi connectivity index (χ1n) is 6.73. The van der Waals surface area contributed by atoms with Crippen molar-refractivity contribution in [2.45, 2.75) is 32.0 Å². The fraction of sp³-hybridized carbons (Fsp3) is 0.333. The lowest BCUT2D eigenvalue weighted by Crippen LogP contribution is -2.27. The Bertz CT molecular complexity index is 591. The third kappa shape index (κ3) is 3.23. The molecule has 20 heavy (non-hydrogen) atoms. The molecule has 0 unspecified atom stereocenters. The maximum absolute atomic E-state index is 5.77. The molecule has 1 fully saturated rings. The standard InChI is InChI=1S/C15H17N3S2/c16-15(19)14-12(2-1-6-17-14)9-18(13-3-4-13)8-11-5-7-20-10-11/h1-2,5-7,10,13H,3-4,8-9H2,(H2,16,19). The van der Waals surface area contributed by atoms with Gasteiger partial charge in [-0.05, 0) is 46.9 Å². The highest BCUT2D eigenvalue weighted by Gasteiger charge is 2.29. The predicted octanol–water partition coefficient (Wildman–Crippen LogP) is 2.94. The average molecular weight is 303 g/mol. The summed E-state index contributed by atoms with van der Waals surface area (Å²) >= 11 is 6.85. The van der Waals surface area contributed by atoms with Gasteiger partial charge in [0.25, 0.3) is 0 Å². The number of thiocarbonyl (C=S) groups is 1. The molecular formula is C15H17N3S2. The number of hydrogen-bond donors (Lipinski definition) is 1. The summed E-state index contributed by atoms with van der Waals surface area (Å²) in [6.07, 6.45) is 4.32. The van der Waals surface area contributed by atoms with Gasteiger partial charge in [-0.3, -0.25) is 9.88 Å². The first-order chi connectivity index (χ1) is 9.74. The summed E-state index contributed by atoms with van der Waals surface area (Å²) < 4.78 is 0. The van der Waals surface area contributed by atoms with Gasteiger partial charge in [0, 0.05) is 25.3 Å². The van der Waals surface area contributed by atoms with Crippen LogP contribution in [0.1, 0.15) is 29.7 Å². The molecule has 2 aromatic heterocycles. The van der Waals surface area contributed by atoms with Crippen LogP contribution in [0.25, 0.3) is 0 Å². The van der Waals surface area contributed by atoms with Crippen molar-refractivity contribution in [1.82, 2.24) is 9.88 Å². The third-order valence-electron chi connectivity index (χ3n) is 3.53. The SMILES string of the molecule is NC(=S)c1ncccc1CN(Cc1ccsc1)C1CC1. The Labute approximate surface area is 128 Å². The highest BCUT2D eigenvalue weighted by atomic mass is 32.1. The molecule has 2 N–H and O–H groups in total. The summed E-state index contributed by atoms with van der Waals surface area (Å²) in [5.41, 5.74) is 9.04. The molecule has 0 radical (unpaired) electrons. The van der Waals surface area contributed by atoms with E-state index in [1.165, 1.54) is 18.4 Å². The van der Waals surface area contributed by atoms with Gasteiger partial charge in [-0.15, -0.1) is 0 Å². The Morgan fingerprint density at radius 2 is 2.25 bits per heavy atom. The fourth-order valence-electron chi connectivity index (χ4n) is 2.38. The number of thiophene rings is 1. The van der Waals surface area contributed by atoms with Crippen molar-refractivity contribution in [3.05, 3.63) is 52.0 Å². The second-order valence-electron chi connectivity index (χ2n) is 5.14. The largest absolute Gasteiger partial charge is 0.388 e. The van der Waals surface area contributed by atoms with Crippen molar-refractivity contribution in [3.8, 4) is 0 Å². The Kier molecular flexibility index (Phi) is 4.10. The lowest BCUT2D eigenvalue weighted by Gasteiger charge is -2.22. The van der Waals surface area contributed by atoms with Crippen molar-refractivity contribution >= 4 is 28.5 Å². The minimum atomic E-state index is 0.381. The van der Waals surface area contributed by atoms with Gasteiger partial charge in [-0.1, -0.05) is 18.3 Å². The van der Waals surface area contributed by atoms with E-state index in [1.54, 1.807) is 17.5 Å². The van der Waals surface area contributed by atoms with Crippen molar-refractivity contribution in [2.24, 2.45) is 5.73 Å². The molecule has 0 atom stereocenters. The van der Waals surface area contributed by atoms with Crippen LogP contribution in [0.5, 0.6) is 0 Å². The van der Waals surface area contributed by atoms with E-state index in [0.717, 1.165) is 24.3 Å². The molecule has 0 bridgehead atoms. The van der Waals surface area contributed by atoms with Gasteiger partial charge in [0.05, 0.1) is 0 Å². The molecule has 2 heterocycles. The number of pyridine rings is 1. The zero-order chi connectivity index (χ0) is 13.9. The van der Waals surface area contributed by atoms with Crippen LogP contribution in [0.4, 0.5) is 0 Å². The summed E-state index contributed by atoms with van der Waals surface area (Å²) in [5, 5.41) is 4.35. The summed E-state index contributed by atoms with van der Waals surface area (Å²) in [5.74, 6) is 0. The predicted molar refractivity (Wildman–Crippen MR) is 86.7 cm³/mol. The summed E-state index contributed by atoms with van der Waals surface area (Å²) in [6, 6.07) is 6.91. The fourth-order valence-corrected chi connectivity index (χ4v) is 3.22. The quantitative estimate of drug-likeness (QED) is 0.833. The molecular weight excluding hydrogens is 286 g/mol. The maximum atomic E-state index is 5.77.